The van der Waals surface area contributed by atoms with Crippen LogP contribution in [0.5, 0.6) is 0 Å². The topological polar surface area (TPSA) is 76.2 Å². The van der Waals surface area contributed by atoms with Crippen molar-refractivity contribution < 1.29 is 9.32 Å². The highest BCUT2D eigenvalue weighted by atomic mass is 16.5. The van der Waals surface area contributed by atoms with Gasteiger partial charge in [-0.15, -0.1) is 0 Å². The van der Waals surface area contributed by atoms with Crippen LogP contribution in [0.3, 0.4) is 0 Å². The molecule has 3 heterocycles. The molecule has 0 spiro atoms. The average Bonchev–Trinajstić information content (AvgIpc) is 3.12. The number of nitrogens with zero attached hydrogens (tertiary/aromatic N) is 4. The van der Waals surface area contributed by atoms with E-state index >= 15 is 0 Å². The van der Waals surface area contributed by atoms with Gasteiger partial charge < -0.3 is 4.52 Å². The van der Waals surface area contributed by atoms with Crippen LogP contribution >= 0.6 is 0 Å². The molecule has 0 aromatic carbocycles. The fourth-order valence-electron chi connectivity index (χ4n) is 3.59. The van der Waals surface area contributed by atoms with Gasteiger partial charge in [-0.1, -0.05) is 11.6 Å². The maximum absolute atomic E-state index is 12.6. The summed E-state index contributed by atoms with van der Waals surface area (Å²) in [5, 5.41) is 11.2. The lowest BCUT2D eigenvalue weighted by Crippen LogP contribution is -2.51. The average molecular weight is 345 g/mol. The summed E-state index contributed by atoms with van der Waals surface area (Å²) in [5.74, 6) is 0.345. The molecule has 2 atom stereocenters. The minimum Gasteiger partial charge on any atom is -0.338 e. The molecule has 0 unspecified atom stereocenters. The molecule has 0 aliphatic carbocycles. The number of piperidine rings is 1. The quantitative estimate of drug-likeness (QED) is 0.901. The van der Waals surface area contributed by atoms with Crippen LogP contribution in [0.4, 0.5) is 5.88 Å². The van der Waals surface area contributed by atoms with Crippen molar-refractivity contribution in [2.24, 2.45) is 0 Å². The van der Waals surface area contributed by atoms with Gasteiger partial charge >= 0.3 is 0 Å². The molecule has 0 bridgehead atoms. The van der Waals surface area contributed by atoms with Crippen molar-refractivity contribution in [2.45, 2.75) is 65.6 Å². The van der Waals surface area contributed by atoms with Gasteiger partial charge in [0.1, 0.15) is 0 Å². The van der Waals surface area contributed by atoms with Gasteiger partial charge in [0, 0.05) is 17.8 Å². The molecule has 3 rings (SSSR count). The summed E-state index contributed by atoms with van der Waals surface area (Å²) in [6.07, 6.45) is 3.39. The van der Waals surface area contributed by atoms with Gasteiger partial charge in [0.25, 0.3) is 0 Å². The molecule has 7 heteroatoms. The lowest BCUT2D eigenvalue weighted by atomic mass is 9.99. The van der Waals surface area contributed by atoms with E-state index in [2.05, 4.69) is 38.1 Å². The van der Waals surface area contributed by atoms with E-state index in [-0.39, 0.29) is 11.9 Å². The Balaban J connectivity index is 1.68. The van der Waals surface area contributed by atoms with Gasteiger partial charge in [-0.3, -0.25) is 19.7 Å². The summed E-state index contributed by atoms with van der Waals surface area (Å²) in [6, 6.07) is 3.90. The maximum Gasteiger partial charge on any atom is 0.243 e. The molecule has 2 aromatic rings. The molecule has 25 heavy (non-hydrogen) atoms. The van der Waals surface area contributed by atoms with Gasteiger partial charge in [-0.2, -0.15) is 5.10 Å². The van der Waals surface area contributed by atoms with Gasteiger partial charge in [0.05, 0.1) is 24.0 Å². The van der Waals surface area contributed by atoms with Crippen molar-refractivity contribution in [1.82, 2.24) is 19.8 Å². The monoisotopic (exact) mass is 345 g/mol. The minimum atomic E-state index is -0.229. The Morgan fingerprint density at radius 1 is 1.32 bits per heavy atom. The van der Waals surface area contributed by atoms with Crippen molar-refractivity contribution in [1.29, 1.82) is 0 Å². The van der Waals surface area contributed by atoms with Crippen LogP contribution in [-0.2, 0) is 11.3 Å². The minimum absolute atomic E-state index is 0.0589. The smallest absolute Gasteiger partial charge is 0.243 e. The second-order valence-corrected chi connectivity index (χ2v) is 6.99. The lowest BCUT2D eigenvalue weighted by Gasteiger charge is -2.39. The summed E-state index contributed by atoms with van der Waals surface area (Å²) < 4.78 is 7.16. The zero-order valence-corrected chi connectivity index (χ0v) is 15.5. The fraction of sp³-hybridized carbons (Fsp3) is 0.611. The summed E-state index contributed by atoms with van der Waals surface area (Å²) in [4.78, 5) is 14.9. The molecular weight excluding hydrogens is 318 g/mol. The van der Waals surface area contributed by atoms with Crippen LogP contribution in [0, 0.1) is 20.8 Å². The van der Waals surface area contributed by atoms with E-state index in [4.69, 9.17) is 4.52 Å². The molecule has 0 saturated carbocycles. The van der Waals surface area contributed by atoms with Crippen molar-refractivity contribution >= 4 is 11.8 Å². The Bertz CT molecular complexity index is 736. The van der Waals surface area contributed by atoms with Crippen molar-refractivity contribution in [2.75, 3.05) is 11.9 Å². The van der Waals surface area contributed by atoms with Crippen LogP contribution in [-0.4, -0.2) is 44.4 Å². The van der Waals surface area contributed by atoms with Crippen molar-refractivity contribution in [3.05, 3.63) is 29.2 Å². The summed E-state index contributed by atoms with van der Waals surface area (Å²) in [6.45, 7) is 9.62. The Hall–Kier alpha value is -2.15. The number of anilines is 1. The van der Waals surface area contributed by atoms with Gasteiger partial charge in [0.2, 0.25) is 11.8 Å². The van der Waals surface area contributed by atoms with E-state index < -0.39 is 0 Å². The summed E-state index contributed by atoms with van der Waals surface area (Å²) in [7, 11) is 0. The molecule has 1 N–H and O–H groups in total. The molecule has 1 aliphatic heterocycles. The Morgan fingerprint density at radius 2 is 2.12 bits per heavy atom. The number of nitrogens with one attached hydrogen (secondary N) is 1. The molecule has 136 valence electrons. The number of likely N-dealkylation sites (tertiary alicyclic amines) is 1. The highest BCUT2D eigenvalue weighted by Crippen LogP contribution is 2.22. The number of carbonyl (C=O) groups is 1. The number of rotatable bonds is 5. The predicted molar refractivity (Wildman–Crippen MR) is 95.4 cm³/mol. The van der Waals surface area contributed by atoms with E-state index in [0.29, 0.717) is 11.9 Å². The zero-order valence-electron chi connectivity index (χ0n) is 15.5. The van der Waals surface area contributed by atoms with Crippen LogP contribution < -0.4 is 5.32 Å². The highest BCUT2D eigenvalue weighted by molar-refractivity contribution is 5.93. The molecule has 0 radical (unpaired) electrons. The third-order valence-electron chi connectivity index (χ3n) is 4.91. The lowest BCUT2D eigenvalue weighted by molar-refractivity contribution is -0.122. The van der Waals surface area contributed by atoms with E-state index in [0.717, 1.165) is 43.0 Å². The van der Waals surface area contributed by atoms with Gasteiger partial charge in [-0.25, -0.2) is 0 Å². The van der Waals surface area contributed by atoms with Crippen LogP contribution in [0.1, 0.15) is 43.3 Å². The van der Waals surface area contributed by atoms with E-state index in [9.17, 15) is 4.79 Å². The number of carbonyl (C=O) groups excluding carboxylic acids is 1. The number of hydrogen-bond acceptors (Lipinski definition) is 5. The second-order valence-electron chi connectivity index (χ2n) is 6.99. The molecule has 1 saturated heterocycles. The molecule has 2 aromatic heterocycles. The molecule has 7 nitrogen and oxygen atoms in total. The standard InChI is InChI=1S/C18H27N5O2/c1-12-9-14(3)23(20-12)11-16-7-5-6-8-22(16)15(4)18(24)19-17-10-13(2)21-25-17/h9-10,15-16H,5-8,11H2,1-4H3,(H,19,24)/t15-,16-/m1/s1. The maximum atomic E-state index is 12.6. The first kappa shape index (κ1) is 17.7. The molecule has 1 fully saturated rings. The van der Waals surface area contributed by atoms with Crippen LogP contribution in [0.25, 0.3) is 0 Å². The SMILES string of the molecule is Cc1cc(NC(=O)[C@@H](C)N2CCCC[C@@H]2Cn2nc(C)cc2C)on1. The van der Waals surface area contributed by atoms with E-state index in [1.54, 1.807) is 6.07 Å². The Labute approximate surface area is 148 Å². The number of aromatic nitrogens is 3. The summed E-state index contributed by atoms with van der Waals surface area (Å²) in [5.41, 5.74) is 2.95. The normalized spacial score (nSPS) is 19.8. The first-order valence-electron chi connectivity index (χ1n) is 8.95. The first-order chi connectivity index (χ1) is 11.9. The first-order valence-corrected chi connectivity index (χ1v) is 8.95. The van der Waals surface area contributed by atoms with Gasteiger partial charge in [0.15, 0.2) is 0 Å². The molecular formula is C18H27N5O2. The third-order valence-corrected chi connectivity index (χ3v) is 4.91. The largest absolute Gasteiger partial charge is 0.338 e. The van der Waals surface area contributed by atoms with E-state index in [1.807, 2.05) is 20.8 Å². The third kappa shape index (κ3) is 4.10. The molecule has 1 aliphatic rings. The number of hydrogen-bond donors (Lipinski definition) is 1. The number of amides is 1. The fourth-order valence-corrected chi connectivity index (χ4v) is 3.59. The highest BCUT2D eigenvalue weighted by Gasteiger charge is 2.31. The van der Waals surface area contributed by atoms with Crippen LogP contribution in [0.15, 0.2) is 16.7 Å². The second kappa shape index (κ2) is 7.39. The van der Waals surface area contributed by atoms with Crippen molar-refractivity contribution in [3.63, 3.8) is 0 Å². The summed E-state index contributed by atoms with van der Waals surface area (Å²) >= 11 is 0. The molecule has 1 amide bonds. The Morgan fingerprint density at radius 3 is 2.76 bits per heavy atom. The van der Waals surface area contributed by atoms with E-state index in [1.165, 1.54) is 6.42 Å². The van der Waals surface area contributed by atoms with Crippen molar-refractivity contribution in [3.8, 4) is 0 Å². The predicted octanol–water partition coefficient (Wildman–Crippen LogP) is 2.68. The van der Waals surface area contributed by atoms with Crippen LogP contribution in [0.2, 0.25) is 0 Å². The number of aryl methyl sites for hydroxylation is 3. The van der Waals surface area contributed by atoms with Gasteiger partial charge in [-0.05, 0) is 53.1 Å². The Kier molecular flexibility index (Phi) is 5.22. The zero-order chi connectivity index (χ0) is 18.0.